The molecule has 264 valence electrons. The number of nitrogens with zero attached hydrogens (tertiary/aromatic N) is 1. The van der Waals surface area contributed by atoms with E-state index in [0.717, 1.165) is 58.3 Å². The zero-order chi connectivity index (χ0) is 32.6. The van der Waals surface area contributed by atoms with Gasteiger partial charge in [0.15, 0.2) is 0 Å². The van der Waals surface area contributed by atoms with E-state index in [1.54, 1.807) is 27.7 Å². The number of aliphatic hydroxyl groups is 2. The molecule has 0 unspecified atom stereocenters. The van der Waals surface area contributed by atoms with Gasteiger partial charge in [0.25, 0.3) is 5.92 Å². The first-order valence-electron chi connectivity index (χ1n) is 18.0. The second kappa shape index (κ2) is 10.7. The van der Waals surface area contributed by atoms with E-state index in [0.29, 0.717) is 19.3 Å². The fourth-order valence-electron chi connectivity index (χ4n) is 13.5. The average Bonchev–Trinajstić information content (AvgIpc) is 3.30. The van der Waals surface area contributed by atoms with Crippen molar-refractivity contribution in [2.75, 3.05) is 32.7 Å². The number of carbonyl (C=O) groups is 1. The normalized spacial score (nSPS) is 50.8. The summed E-state index contributed by atoms with van der Waals surface area (Å²) in [5, 5.41) is 25.0. The predicted molar refractivity (Wildman–Crippen MR) is 165 cm³/mol. The molecular formula is C36H59ClF2N2O5. The molecule has 0 radical (unpaired) electrons. The maximum Gasteiger partial charge on any atom is 0.320 e. The Balaban J connectivity index is 0.00000372. The molecule has 0 aromatic heterocycles. The van der Waals surface area contributed by atoms with E-state index >= 15 is 8.78 Å². The lowest BCUT2D eigenvalue weighted by molar-refractivity contribution is -0.663. The highest BCUT2D eigenvalue weighted by atomic mass is 35.5. The fourth-order valence-corrected chi connectivity index (χ4v) is 13.5. The van der Waals surface area contributed by atoms with Crippen LogP contribution in [0.25, 0.3) is 0 Å². The third-order valence-electron chi connectivity index (χ3n) is 15.8. The summed E-state index contributed by atoms with van der Waals surface area (Å²) >= 11 is 0. The summed E-state index contributed by atoms with van der Waals surface area (Å²) in [7, 11) is 0. The SMILES string of the molecule is CC(C)(O)[C@@H]1CC[C@@](C)([C@H]2[C@@H](O)C[C@@]3(C)[C@@H]4C[C@H](OC(=O)CN5CC[NH2+]CC5)[C@H]5C(C)(C)C(F)(F)CC[C@@]56C[C@@]46CC[C@]23C)O1.[Cl-]. The van der Waals surface area contributed by atoms with Gasteiger partial charge >= 0.3 is 5.97 Å². The number of rotatable bonds is 5. The van der Waals surface area contributed by atoms with Gasteiger partial charge in [-0.25, -0.2) is 8.78 Å². The lowest BCUT2D eigenvalue weighted by atomic mass is 9.41. The number of nitrogens with two attached hydrogens (primary N) is 1. The number of piperazine rings is 1. The Hall–Kier alpha value is -0.580. The summed E-state index contributed by atoms with van der Waals surface area (Å²) in [6.45, 7) is 17.7. The van der Waals surface area contributed by atoms with E-state index < -0.39 is 34.7 Å². The fraction of sp³-hybridized carbons (Fsp3) is 0.972. The molecule has 46 heavy (non-hydrogen) atoms. The van der Waals surface area contributed by atoms with Crippen LogP contribution in [0.4, 0.5) is 8.78 Å². The van der Waals surface area contributed by atoms with Gasteiger partial charge in [-0.15, -0.1) is 0 Å². The first-order valence-corrected chi connectivity index (χ1v) is 18.0. The van der Waals surface area contributed by atoms with Crippen molar-refractivity contribution in [1.82, 2.24) is 4.90 Å². The van der Waals surface area contributed by atoms with E-state index in [9.17, 15) is 15.0 Å². The molecule has 0 bridgehead atoms. The Kier molecular flexibility index (Phi) is 8.21. The molecule has 2 spiro atoms. The molecule has 5 aliphatic carbocycles. The molecular weight excluding hydrogens is 614 g/mol. The lowest BCUT2D eigenvalue weighted by Gasteiger charge is -2.65. The maximum atomic E-state index is 15.8. The number of carbonyl (C=O) groups excluding carboxylic acids is 1. The van der Waals surface area contributed by atoms with Crippen LogP contribution in [-0.2, 0) is 14.3 Å². The number of hydrogen-bond donors (Lipinski definition) is 3. The molecule has 4 N–H and O–H groups in total. The zero-order valence-corrected chi connectivity index (χ0v) is 29.9. The summed E-state index contributed by atoms with van der Waals surface area (Å²) in [5.41, 5.74) is -3.63. The predicted octanol–water partition coefficient (Wildman–Crippen LogP) is 1.14. The van der Waals surface area contributed by atoms with Crippen LogP contribution in [0.2, 0.25) is 0 Å². The van der Waals surface area contributed by atoms with Crippen molar-refractivity contribution in [1.29, 1.82) is 0 Å². The number of halogens is 3. The average molecular weight is 673 g/mol. The number of hydrogen-bond acceptors (Lipinski definition) is 6. The Morgan fingerprint density at radius 1 is 0.978 bits per heavy atom. The van der Waals surface area contributed by atoms with Gasteiger partial charge in [-0.2, -0.15) is 0 Å². The summed E-state index contributed by atoms with van der Waals surface area (Å²) in [5.74, 6) is -3.43. The van der Waals surface area contributed by atoms with Gasteiger partial charge < -0.3 is 37.4 Å². The summed E-state index contributed by atoms with van der Waals surface area (Å²) in [6, 6.07) is 0. The minimum Gasteiger partial charge on any atom is -1.00 e. The van der Waals surface area contributed by atoms with E-state index in [1.807, 2.05) is 0 Å². The van der Waals surface area contributed by atoms with Crippen LogP contribution >= 0.6 is 0 Å². The van der Waals surface area contributed by atoms with Crippen molar-refractivity contribution in [3.63, 3.8) is 0 Å². The van der Waals surface area contributed by atoms with Crippen LogP contribution in [-0.4, -0.2) is 89.2 Å². The van der Waals surface area contributed by atoms with Crippen LogP contribution in [0.5, 0.6) is 0 Å². The van der Waals surface area contributed by atoms with Gasteiger partial charge in [-0.05, 0) is 99.7 Å². The molecule has 0 amide bonds. The van der Waals surface area contributed by atoms with Crippen molar-refractivity contribution in [3.05, 3.63) is 0 Å². The summed E-state index contributed by atoms with van der Waals surface area (Å²) < 4.78 is 44.8. The Morgan fingerprint density at radius 2 is 1.63 bits per heavy atom. The van der Waals surface area contributed by atoms with Gasteiger partial charge in [-0.3, -0.25) is 9.69 Å². The van der Waals surface area contributed by atoms with E-state index in [4.69, 9.17) is 9.47 Å². The molecule has 2 saturated heterocycles. The molecule has 5 saturated carbocycles. The topological polar surface area (TPSA) is 95.8 Å². The quantitative estimate of drug-likeness (QED) is 0.380. The van der Waals surface area contributed by atoms with Crippen molar-refractivity contribution in [3.8, 4) is 0 Å². The Labute approximate surface area is 280 Å². The minimum atomic E-state index is -2.82. The van der Waals surface area contributed by atoms with E-state index in [-0.39, 0.29) is 76.9 Å². The number of ether oxygens (including phenoxy) is 2. The lowest BCUT2D eigenvalue weighted by Crippen LogP contribution is -3.00. The highest BCUT2D eigenvalue weighted by Gasteiger charge is 2.86. The second-order valence-corrected chi connectivity index (χ2v) is 18.5. The Bertz CT molecular complexity index is 1230. The molecule has 2 heterocycles. The van der Waals surface area contributed by atoms with Crippen LogP contribution in [0.15, 0.2) is 0 Å². The first-order chi connectivity index (χ1) is 20.8. The summed E-state index contributed by atoms with van der Waals surface area (Å²) in [6.07, 6.45) is 4.53. The first kappa shape index (κ1) is 35.3. The van der Waals surface area contributed by atoms with Crippen molar-refractivity contribution >= 4 is 5.97 Å². The third-order valence-corrected chi connectivity index (χ3v) is 15.8. The van der Waals surface area contributed by atoms with Crippen LogP contribution in [0.1, 0.15) is 106 Å². The van der Waals surface area contributed by atoms with Gasteiger partial charge in [0.1, 0.15) is 6.10 Å². The highest BCUT2D eigenvalue weighted by Crippen LogP contribution is 2.90. The van der Waals surface area contributed by atoms with E-state index in [1.165, 1.54) is 0 Å². The molecule has 7 rings (SSSR count). The number of aliphatic hydroxyl groups excluding tert-OH is 1. The molecule has 7 fully saturated rings. The minimum absolute atomic E-state index is 0. The molecule has 2 aliphatic heterocycles. The molecule has 0 aromatic carbocycles. The smallest absolute Gasteiger partial charge is 0.320 e. The van der Waals surface area contributed by atoms with Crippen molar-refractivity contribution < 1.29 is 51.0 Å². The monoisotopic (exact) mass is 672 g/mol. The second-order valence-electron chi connectivity index (χ2n) is 18.5. The van der Waals surface area contributed by atoms with Crippen LogP contribution in [0.3, 0.4) is 0 Å². The highest BCUT2D eigenvalue weighted by molar-refractivity contribution is 5.72. The zero-order valence-electron chi connectivity index (χ0n) is 29.1. The molecule has 7 nitrogen and oxygen atoms in total. The summed E-state index contributed by atoms with van der Waals surface area (Å²) in [4.78, 5) is 15.7. The third kappa shape index (κ3) is 4.59. The van der Waals surface area contributed by atoms with Crippen LogP contribution < -0.4 is 17.7 Å². The van der Waals surface area contributed by atoms with Gasteiger partial charge in [0, 0.05) is 36.8 Å². The molecule has 10 heteroatoms. The Morgan fingerprint density at radius 3 is 2.26 bits per heavy atom. The number of alkyl halides is 2. The van der Waals surface area contributed by atoms with E-state index in [2.05, 4.69) is 31.0 Å². The number of quaternary nitrogens is 1. The molecule has 7 aliphatic rings. The molecule has 11 atom stereocenters. The number of esters is 1. The molecule has 0 aromatic rings. The standard InChI is InChI=1S/C36H58F2N2O5.ClH/c1-29(2)28-23(44-26(42)20-40-16-14-39-15-17-40)18-24-32(6)19-22(41)27(33(7)9-8-25(45-33)30(3,4)43)31(32,5)10-11-34(24)21-35(28,34)12-13-36(29,37)38;/h22-25,27-28,39,41,43H,8-21H2,1-7H3;1H/t22-,23-,24-,25-,27-,28-,31+,32-,33-,34-,35+;/m0./s1. The maximum absolute atomic E-state index is 15.8. The van der Waals surface area contributed by atoms with Gasteiger partial charge in [0.05, 0.1) is 43.0 Å². The number of fused-ring (bicyclic) bond motifs is 2. The largest absolute Gasteiger partial charge is 1.00 e. The van der Waals surface area contributed by atoms with Gasteiger partial charge in [-0.1, -0.05) is 27.7 Å². The van der Waals surface area contributed by atoms with Crippen molar-refractivity contribution in [2.24, 2.45) is 44.8 Å². The van der Waals surface area contributed by atoms with Gasteiger partial charge in [0.2, 0.25) is 0 Å². The van der Waals surface area contributed by atoms with Crippen molar-refractivity contribution in [2.45, 2.75) is 142 Å². The van der Waals surface area contributed by atoms with Crippen LogP contribution in [0, 0.1) is 44.8 Å².